The summed E-state index contributed by atoms with van der Waals surface area (Å²) >= 11 is 0. The molecule has 1 saturated heterocycles. The summed E-state index contributed by atoms with van der Waals surface area (Å²) in [7, 11) is 2.19. The molecule has 4 aromatic rings. The first-order chi connectivity index (χ1) is 16.9. The van der Waals surface area contributed by atoms with Gasteiger partial charge < -0.3 is 14.4 Å². The Morgan fingerprint density at radius 2 is 1.60 bits per heavy atom. The normalized spacial score (nSPS) is 16.6. The molecule has 6 nitrogen and oxygen atoms in total. The number of fused-ring (bicyclic) bond motifs is 2. The average molecular weight is 465 g/mol. The highest BCUT2D eigenvalue weighted by molar-refractivity contribution is 5.88. The van der Waals surface area contributed by atoms with Gasteiger partial charge in [0.1, 0.15) is 0 Å². The van der Waals surface area contributed by atoms with Crippen molar-refractivity contribution >= 4 is 22.3 Å². The van der Waals surface area contributed by atoms with Crippen LogP contribution in [0.4, 0.5) is 5.69 Å². The van der Waals surface area contributed by atoms with Crippen molar-refractivity contribution in [2.24, 2.45) is 0 Å². The van der Waals surface area contributed by atoms with E-state index in [9.17, 15) is 0 Å². The monoisotopic (exact) mass is 464 g/mol. The smallest absolute Gasteiger partial charge is 0.0963 e. The van der Waals surface area contributed by atoms with Crippen LogP contribution >= 0.6 is 0 Å². The van der Waals surface area contributed by atoms with Gasteiger partial charge in [0.2, 0.25) is 0 Å². The lowest BCUT2D eigenvalue weighted by atomic mass is 10.0. The Balaban J connectivity index is 1.31. The summed E-state index contributed by atoms with van der Waals surface area (Å²) in [5, 5.41) is 0. The maximum atomic E-state index is 5.10. The molecule has 0 amide bonds. The Labute approximate surface area is 207 Å². The summed E-state index contributed by atoms with van der Waals surface area (Å²) in [6, 6.07) is 15.3. The molecule has 0 N–H and O–H groups in total. The van der Waals surface area contributed by atoms with Gasteiger partial charge in [-0.05, 0) is 57.6 Å². The largest absolute Gasteiger partial charge is 0.369 e. The van der Waals surface area contributed by atoms with E-state index in [-0.39, 0.29) is 5.54 Å². The van der Waals surface area contributed by atoms with Gasteiger partial charge >= 0.3 is 0 Å². The van der Waals surface area contributed by atoms with E-state index in [0.717, 1.165) is 71.9 Å². The Morgan fingerprint density at radius 3 is 2.34 bits per heavy atom. The summed E-state index contributed by atoms with van der Waals surface area (Å²) in [5.41, 5.74) is 9.79. The number of aromatic nitrogens is 4. The van der Waals surface area contributed by atoms with Crippen LogP contribution in [-0.2, 0) is 12.0 Å². The van der Waals surface area contributed by atoms with E-state index >= 15 is 0 Å². The lowest BCUT2D eigenvalue weighted by molar-refractivity contribution is 0.313. The minimum atomic E-state index is -0.0292. The SMILES string of the molecule is CN1CCN(c2ccc(-c3cnc4c(n3)C(c3ccc5ncn(C(C)(C)C)c5c3)=CC4)cc2)CC1. The molecule has 35 heavy (non-hydrogen) atoms. The number of hydrogen-bond acceptors (Lipinski definition) is 5. The van der Waals surface area contributed by atoms with Crippen molar-refractivity contribution in [2.45, 2.75) is 32.7 Å². The van der Waals surface area contributed by atoms with Gasteiger partial charge in [-0.2, -0.15) is 0 Å². The van der Waals surface area contributed by atoms with Gasteiger partial charge in [0.25, 0.3) is 0 Å². The summed E-state index contributed by atoms with van der Waals surface area (Å²) < 4.78 is 2.24. The third kappa shape index (κ3) is 4.02. The topological polar surface area (TPSA) is 50.1 Å². The molecule has 3 heterocycles. The number of anilines is 1. The Kier molecular flexibility index (Phi) is 5.22. The van der Waals surface area contributed by atoms with Crippen LogP contribution in [0.25, 0.3) is 27.9 Å². The van der Waals surface area contributed by atoms with Crippen molar-refractivity contribution in [3.05, 3.63) is 78.0 Å². The van der Waals surface area contributed by atoms with Crippen LogP contribution in [0.2, 0.25) is 0 Å². The molecule has 0 atom stereocenters. The standard InChI is InChI=1S/C29H32N6/c1-29(2,3)35-19-31-24-11-7-21(17-27(24)35)23-10-12-25-28(23)32-26(18-30-25)20-5-8-22(9-6-20)34-15-13-33(4)14-16-34/h5-11,17-19H,12-16H2,1-4H3. The summed E-state index contributed by atoms with van der Waals surface area (Å²) in [4.78, 5) is 19.3. The highest BCUT2D eigenvalue weighted by atomic mass is 15.2. The molecule has 1 aliphatic heterocycles. The van der Waals surface area contributed by atoms with Gasteiger partial charge in [0.15, 0.2) is 0 Å². The van der Waals surface area contributed by atoms with Gasteiger partial charge in [-0.1, -0.05) is 24.3 Å². The highest BCUT2D eigenvalue weighted by Crippen LogP contribution is 2.34. The quantitative estimate of drug-likeness (QED) is 0.428. The van der Waals surface area contributed by atoms with Gasteiger partial charge in [0, 0.05) is 55.0 Å². The van der Waals surface area contributed by atoms with Gasteiger partial charge in [-0.3, -0.25) is 4.98 Å². The molecule has 1 aliphatic carbocycles. The van der Waals surface area contributed by atoms with Crippen LogP contribution in [0.3, 0.4) is 0 Å². The third-order valence-corrected chi connectivity index (χ3v) is 7.22. The van der Waals surface area contributed by atoms with Crippen molar-refractivity contribution in [2.75, 3.05) is 38.1 Å². The van der Waals surface area contributed by atoms with Gasteiger partial charge in [0.05, 0.1) is 40.6 Å². The number of nitrogens with zero attached hydrogens (tertiary/aromatic N) is 6. The number of piperazine rings is 1. The molecule has 6 rings (SSSR count). The van der Waals surface area contributed by atoms with Crippen LogP contribution in [0.1, 0.15) is 37.7 Å². The van der Waals surface area contributed by atoms with Crippen LogP contribution < -0.4 is 4.90 Å². The first kappa shape index (κ1) is 22.0. The zero-order valence-corrected chi connectivity index (χ0v) is 21.0. The lowest BCUT2D eigenvalue weighted by Crippen LogP contribution is -2.44. The van der Waals surface area contributed by atoms with E-state index in [1.807, 2.05) is 12.5 Å². The van der Waals surface area contributed by atoms with Crippen LogP contribution in [0, 0.1) is 0 Å². The van der Waals surface area contributed by atoms with E-state index in [1.165, 1.54) is 11.3 Å². The minimum Gasteiger partial charge on any atom is -0.369 e. The van der Waals surface area contributed by atoms with E-state index in [2.05, 4.69) is 95.7 Å². The second-order valence-electron chi connectivity index (χ2n) is 10.7. The molecule has 178 valence electrons. The summed E-state index contributed by atoms with van der Waals surface area (Å²) in [6.45, 7) is 11.0. The lowest BCUT2D eigenvalue weighted by Gasteiger charge is -2.34. The Hall–Kier alpha value is -3.51. The number of hydrogen-bond donors (Lipinski definition) is 0. The number of allylic oxidation sites excluding steroid dienone is 1. The molecule has 0 bridgehead atoms. The van der Waals surface area contributed by atoms with E-state index in [0.29, 0.717) is 0 Å². The fraction of sp³-hybridized carbons (Fsp3) is 0.345. The Bertz CT molecular complexity index is 1420. The Morgan fingerprint density at radius 1 is 0.857 bits per heavy atom. The molecule has 2 aromatic carbocycles. The highest BCUT2D eigenvalue weighted by Gasteiger charge is 2.22. The van der Waals surface area contributed by atoms with Crippen molar-refractivity contribution in [3.63, 3.8) is 0 Å². The molecular weight excluding hydrogens is 432 g/mol. The first-order valence-corrected chi connectivity index (χ1v) is 12.5. The summed E-state index contributed by atoms with van der Waals surface area (Å²) in [6.07, 6.45) is 6.92. The van der Waals surface area contributed by atoms with Crippen molar-refractivity contribution in [1.29, 1.82) is 0 Å². The predicted octanol–water partition coefficient (Wildman–Crippen LogP) is 4.99. The molecule has 0 radical (unpaired) electrons. The van der Waals surface area contributed by atoms with E-state index < -0.39 is 0 Å². The number of benzene rings is 2. The maximum absolute atomic E-state index is 5.10. The number of likely N-dealkylation sites (N-methyl/N-ethyl adjacent to an activating group) is 1. The number of imidazole rings is 1. The molecule has 2 aromatic heterocycles. The number of rotatable bonds is 3. The van der Waals surface area contributed by atoms with Crippen LogP contribution in [-0.4, -0.2) is 57.6 Å². The molecule has 2 aliphatic rings. The van der Waals surface area contributed by atoms with Crippen LogP contribution in [0.5, 0.6) is 0 Å². The van der Waals surface area contributed by atoms with Gasteiger partial charge in [-0.25, -0.2) is 9.97 Å². The third-order valence-electron chi connectivity index (χ3n) is 7.22. The van der Waals surface area contributed by atoms with Crippen molar-refractivity contribution in [3.8, 4) is 11.3 Å². The van der Waals surface area contributed by atoms with E-state index in [1.54, 1.807) is 0 Å². The maximum Gasteiger partial charge on any atom is 0.0963 e. The van der Waals surface area contributed by atoms with E-state index in [4.69, 9.17) is 9.97 Å². The molecule has 0 saturated carbocycles. The van der Waals surface area contributed by atoms with Gasteiger partial charge in [-0.15, -0.1) is 0 Å². The van der Waals surface area contributed by atoms with Crippen molar-refractivity contribution in [1.82, 2.24) is 24.4 Å². The average Bonchev–Trinajstić information content (AvgIpc) is 3.48. The van der Waals surface area contributed by atoms with Crippen molar-refractivity contribution < 1.29 is 0 Å². The second kappa shape index (κ2) is 8.31. The van der Waals surface area contributed by atoms with Crippen LogP contribution in [0.15, 0.2) is 61.1 Å². The predicted molar refractivity (Wildman–Crippen MR) is 143 cm³/mol. The fourth-order valence-corrected chi connectivity index (χ4v) is 5.09. The first-order valence-electron chi connectivity index (χ1n) is 12.5. The molecule has 0 unspecified atom stereocenters. The summed E-state index contributed by atoms with van der Waals surface area (Å²) in [5.74, 6) is 0. The molecule has 0 spiro atoms. The minimum absolute atomic E-state index is 0.0292. The fourth-order valence-electron chi connectivity index (χ4n) is 5.09. The molecule has 6 heteroatoms. The zero-order chi connectivity index (χ0) is 24.2. The molecule has 1 fully saturated rings. The molecular formula is C29H32N6. The second-order valence-corrected chi connectivity index (χ2v) is 10.7. The zero-order valence-electron chi connectivity index (χ0n) is 21.0.